The number of carbonyl (C=O) groups is 2. The number of carbonyl (C=O) groups excluding carboxylic acids is 1. The standard InChI is InChI=1S/C12H15NO5S/c1-8(14)9-5-11(12(15)16)13(6-9)10-3-2-4-19(17,18)7-10/h5-6,10H,2-4,7H2,1H3,(H,15,16). The number of ketones is 1. The van der Waals surface area contributed by atoms with Crippen LogP contribution in [0.5, 0.6) is 0 Å². The molecule has 0 saturated carbocycles. The van der Waals surface area contributed by atoms with Gasteiger partial charge in [0.1, 0.15) is 5.69 Å². The monoisotopic (exact) mass is 285 g/mol. The summed E-state index contributed by atoms with van der Waals surface area (Å²) < 4.78 is 24.7. The average Bonchev–Trinajstić information content (AvgIpc) is 2.72. The molecule has 6 nitrogen and oxygen atoms in total. The molecule has 0 bridgehead atoms. The number of rotatable bonds is 3. The second-order valence-corrected chi connectivity index (χ2v) is 7.02. The molecule has 1 aromatic rings. The highest BCUT2D eigenvalue weighted by atomic mass is 32.2. The van der Waals surface area contributed by atoms with Gasteiger partial charge in [-0.05, 0) is 25.8 Å². The van der Waals surface area contributed by atoms with Gasteiger partial charge in [0.05, 0.1) is 11.5 Å². The molecule has 0 aromatic carbocycles. The topological polar surface area (TPSA) is 93.4 Å². The summed E-state index contributed by atoms with van der Waals surface area (Å²) in [6.07, 6.45) is 2.56. The van der Waals surface area contributed by atoms with Crippen LogP contribution in [0.4, 0.5) is 0 Å². The summed E-state index contributed by atoms with van der Waals surface area (Å²) >= 11 is 0. The summed E-state index contributed by atoms with van der Waals surface area (Å²) in [6.45, 7) is 1.35. The number of hydrogen-bond acceptors (Lipinski definition) is 4. The van der Waals surface area contributed by atoms with E-state index < -0.39 is 21.8 Å². The van der Waals surface area contributed by atoms with Crippen LogP contribution in [-0.2, 0) is 9.84 Å². The molecule has 0 amide bonds. The molecule has 0 spiro atoms. The molecule has 1 aliphatic heterocycles. The maximum atomic E-state index is 11.6. The summed E-state index contributed by atoms with van der Waals surface area (Å²) in [7, 11) is -3.13. The van der Waals surface area contributed by atoms with Crippen LogP contribution < -0.4 is 0 Å². The molecular formula is C12H15NO5S. The first-order valence-corrected chi connectivity index (χ1v) is 7.79. The Balaban J connectivity index is 2.43. The van der Waals surface area contributed by atoms with Gasteiger partial charge in [-0.1, -0.05) is 0 Å². The Morgan fingerprint density at radius 3 is 2.63 bits per heavy atom. The van der Waals surface area contributed by atoms with Crippen molar-refractivity contribution in [3.8, 4) is 0 Å². The second-order valence-electron chi connectivity index (χ2n) is 4.79. The zero-order valence-electron chi connectivity index (χ0n) is 10.5. The van der Waals surface area contributed by atoms with E-state index in [0.717, 1.165) is 0 Å². The van der Waals surface area contributed by atoms with Crippen LogP contribution in [-0.4, -0.2) is 41.3 Å². The summed E-state index contributed by atoms with van der Waals surface area (Å²) in [6, 6.07) is 0.893. The number of Topliss-reactive ketones (excluding diaryl/α,β-unsaturated/α-hetero) is 1. The number of aromatic carboxylic acids is 1. The van der Waals surface area contributed by atoms with E-state index >= 15 is 0 Å². The fourth-order valence-corrected chi connectivity index (χ4v) is 4.05. The maximum absolute atomic E-state index is 11.6. The van der Waals surface area contributed by atoms with E-state index in [1.165, 1.54) is 23.8 Å². The van der Waals surface area contributed by atoms with Crippen LogP contribution in [0, 0.1) is 0 Å². The zero-order valence-corrected chi connectivity index (χ0v) is 11.3. The highest BCUT2D eigenvalue weighted by Crippen LogP contribution is 2.26. The van der Waals surface area contributed by atoms with Gasteiger partial charge >= 0.3 is 5.97 Å². The fourth-order valence-electron chi connectivity index (χ4n) is 2.36. The quantitative estimate of drug-likeness (QED) is 0.840. The molecule has 1 aliphatic rings. The predicted octanol–water partition coefficient (Wildman–Crippen LogP) is 1.14. The number of carboxylic acids is 1. The number of sulfone groups is 1. The molecule has 2 heterocycles. The van der Waals surface area contributed by atoms with Crippen molar-refractivity contribution in [3.05, 3.63) is 23.5 Å². The highest BCUT2D eigenvalue weighted by molar-refractivity contribution is 7.91. The number of hydrogen-bond donors (Lipinski definition) is 1. The van der Waals surface area contributed by atoms with Crippen molar-refractivity contribution in [2.45, 2.75) is 25.8 Å². The van der Waals surface area contributed by atoms with E-state index in [4.69, 9.17) is 5.11 Å². The van der Waals surface area contributed by atoms with Crippen LogP contribution in [0.15, 0.2) is 12.3 Å². The molecule has 1 fully saturated rings. The van der Waals surface area contributed by atoms with Gasteiger partial charge in [-0.3, -0.25) is 4.79 Å². The Labute approximate surface area is 111 Å². The minimum Gasteiger partial charge on any atom is -0.477 e. The van der Waals surface area contributed by atoms with Gasteiger partial charge in [-0.2, -0.15) is 0 Å². The van der Waals surface area contributed by atoms with Crippen molar-refractivity contribution in [1.82, 2.24) is 4.57 Å². The number of nitrogens with zero attached hydrogens (tertiary/aromatic N) is 1. The van der Waals surface area contributed by atoms with Crippen LogP contribution in [0.2, 0.25) is 0 Å². The van der Waals surface area contributed by atoms with Crippen LogP contribution in [0.25, 0.3) is 0 Å². The maximum Gasteiger partial charge on any atom is 0.352 e. The largest absolute Gasteiger partial charge is 0.477 e. The lowest BCUT2D eigenvalue weighted by Gasteiger charge is -2.24. The normalized spacial score (nSPS) is 22.1. The van der Waals surface area contributed by atoms with E-state index in [9.17, 15) is 18.0 Å². The van der Waals surface area contributed by atoms with Gasteiger partial charge in [0, 0.05) is 17.8 Å². The Kier molecular flexibility index (Phi) is 3.49. The molecular weight excluding hydrogens is 270 g/mol. The number of aromatic nitrogens is 1. The van der Waals surface area contributed by atoms with Crippen LogP contribution >= 0.6 is 0 Å². The summed E-state index contributed by atoms with van der Waals surface area (Å²) in [4.78, 5) is 22.5. The first kappa shape index (κ1) is 13.8. The van der Waals surface area contributed by atoms with E-state index in [1.807, 2.05) is 0 Å². The van der Waals surface area contributed by atoms with Crippen LogP contribution in [0.3, 0.4) is 0 Å². The van der Waals surface area contributed by atoms with Gasteiger partial charge in [0.15, 0.2) is 15.6 Å². The third kappa shape index (κ3) is 2.86. The van der Waals surface area contributed by atoms with E-state index in [0.29, 0.717) is 18.4 Å². The lowest BCUT2D eigenvalue weighted by atomic mass is 10.2. The lowest BCUT2D eigenvalue weighted by molar-refractivity contribution is 0.0682. The van der Waals surface area contributed by atoms with E-state index in [-0.39, 0.29) is 23.0 Å². The first-order valence-electron chi connectivity index (χ1n) is 5.97. The molecule has 0 radical (unpaired) electrons. The van der Waals surface area contributed by atoms with Gasteiger partial charge < -0.3 is 9.67 Å². The van der Waals surface area contributed by atoms with Crippen molar-refractivity contribution < 1.29 is 23.1 Å². The van der Waals surface area contributed by atoms with Gasteiger partial charge in [-0.15, -0.1) is 0 Å². The second kappa shape index (κ2) is 4.80. The zero-order chi connectivity index (χ0) is 14.2. The third-order valence-electron chi connectivity index (χ3n) is 3.31. The molecule has 7 heteroatoms. The fraction of sp³-hybridized carbons (Fsp3) is 0.500. The summed E-state index contributed by atoms with van der Waals surface area (Å²) in [5, 5.41) is 9.14. The SMILES string of the molecule is CC(=O)c1cc(C(=O)O)n(C2CCCS(=O)(=O)C2)c1. The smallest absolute Gasteiger partial charge is 0.352 e. The Morgan fingerprint density at radius 1 is 1.42 bits per heavy atom. The van der Waals surface area contributed by atoms with Crippen molar-refractivity contribution in [2.75, 3.05) is 11.5 Å². The van der Waals surface area contributed by atoms with E-state index in [1.54, 1.807) is 0 Å². The van der Waals surface area contributed by atoms with Gasteiger partial charge in [0.2, 0.25) is 0 Å². The Morgan fingerprint density at radius 2 is 2.11 bits per heavy atom. The van der Waals surface area contributed by atoms with Crippen molar-refractivity contribution in [1.29, 1.82) is 0 Å². The predicted molar refractivity (Wildman–Crippen MR) is 68.3 cm³/mol. The highest BCUT2D eigenvalue weighted by Gasteiger charge is 2.29. The summed E-state index contributed by atoms with van der Waals surface area (Å²) in [5.74, 6) is -1.32. The van der Waals surface area contributed by atoms with Gasteiger partial charge in [0.25, 0.3) is 0 Å². The van der Waals surface area contributed by atoms with Crippen LogP contribution in [0.1, 0.15) is 46.7 Å². The van der Waals surface area contributed by atoms with E-state index in [2.05, 4.69) is 0 Å². The molecule has 19 heavy (non-hydrogen) atoms. The minimum atomic E-state index is -3.13. The first-order chi connectivity index (χ1) is 8.80. The molecule has 1 saturated heterocycles. The van der Waals surface area contributed by atoms with Gasteiger partial charge in [-0.25, -0.2) is 13.2 Å². The third-order valence-corrected chi connectivity index (χ3v) is 5.11. The lowest BCUT2D eigenvalue weighted by Crippen LogP contribution is -2.28. The van der Waals surface area contributed by atoms with Crippen molar-refractivity contribution in [2.24, 2.45) is 0 Å². The molecule has 104 valence electrons. The molecule has 2 rings (SSSR count). The average molecular weight is 285 g/mol. The molecule has 0 aliphatic carbocycles. The van der Waals surface area contributed by atoms with Crippen molar-refractivity contribution >= 4 is 21.6 Å². The Hall–Kier alpha value is -1.63. The Bertz CT molecular complexity index is 629. The summed E-state index contributed by atoms with van der Waals surface area (Å²) in [5.41, 5.74) is 0.257. The molecule has 1 atom stereocenters. The molecule has 1 unspecified atom stereocenters. The minimum absolute atomic E-state index is 0.0349. The molecule has 1 aromatic heterocycles. The number of carboxylic acid groups (broad SMARTS) is 1. The van der Waals surface area contributed by atoms with Crippen molar-refractivity contribution in [3.63, 3.8) is 0 Å². The molecule has 1 N–H and O–H groups in total.